The van der Waals surface area contributed by atoms with E-state index in [-0.39, 0.29) is 6.54 Å². The van der Waals surface area contributed by atoms with E-state index in [1.54, 1.807) is 0 Å². The standard InChI is InChI=1S/C21H25N3O4/c25-18(22-13-11-16-7-3-1-4-8-16)15-24-20(27)19(26)23(21(24)28)14-12-17-9-5-2-6-10-17/h1,3-4,7-9H,2,5-6,10-15H2,(H,22,25). The van der Waals surface area contributed by atoms with Gasteiger partial charge in [0.05, 0.1) is 0 Å². The van der Waals surface area contributed by atoms with Crippen LogP contribution in [0.2, 0.25) is 0 Å². The minimum atomic E-state index is -0.930. The van der Waals surface area contributed by atoms with Gasteiger partial charge in [0.25, 0.3) is 0 Å². The van der Waals surface area contributed by atoms with Crippen molar-refractivity contribution in [3.05, 3.63) is 47.5 Å². The van der Waals surface area contributed by atoms with Gasteiger partial charge in [-0.05, 0) is 44.1 Å². The van der Waals surface area contributed by atoms with Crippen molar-refractivity contribution in [2.75, 3.05) is 19.6 Å². The van der Waals surface area contributed by atoms with Crippen LogP contribution in [0.15, 0.2) is 42.0 Å². The van der Waals surface area contributed by atoms with Crippen LogP contribution in [0.3, 0.4) is 0 Å². The smallest absolute Gasteiger partial charge is 0.334 e. The number of hydrogen-bond acceptors (Lipinski definition) is 4. The van der Waals surface area contributed by atoms with Crippen molar-refractivity contribution in [3.63, 3.8) is 0 Å². The van der Waals surface area contributed by atoms with E-state index in [1.165, 1.54) is 5.57 Å². The van der Waals surface area contributed by atoms with Crippen molar-refractivity contribution in [2.24, 2.45) is 0 Å². The highest BCUT2D eigenvalue weighted by Crippen LogP contribution is 2.21. The molecule has 1 saturated heterocycles. The van der Waals surface area contributed by atoms with E-state index in [9.17, 15) is 19.2 Å². The molecule has 0 radical (unpaired) electrons. The molecule has 2 aliphatic rings. The lowest BCUT2D eigenvalue weighted by atomic mass is 9.97. The molecule has 0 unspecified atom stereocenters. The Morgan fingerprint density at radius 1 is 0.964 bits per heavy atom. The topological polar surface area (TPSA) is 86.8 Å². The SMILES string of the molecule is O=C(CN1C(=O)C(=O)N(CCC2=CCCCC2)C1=O)NCCc1ccccc1. The fraction of sp³-hybridized carbons (Fsp3) is 0.429. The Hall–Kier alpha value is -2.96. The number of carbonyl (C=O) groups excluding carboxylic acids is 4. The minimum Gasteiger partial charge on any atom is -0.354 e. The van der Waals surface area contributed by atoms with E-state index in [4.69, 9.17) is 0 Å². The molecular weight excluding hydrogens is 358 g/mol. The molecule has 1 N–H and O–H groups in total. The summed E-state index contributed by atoms with van der Waals surface area (Å²) >= 11 is 0. The van der Waals surface area contributed by atoms with Gasteiger partial charge in [0, 0.05) is 13.1 Å². The van der Waals surface area contributed by atoms with Gasteiger partial charge in [-0.1, -0.05) is 42.0 Å². The minimum absolute atomic E-state index is 0.182. The van der Waals surface area contributed by atoms with Crippen molar-refractivity contribution in [3.8, 4) is 0 Å². The second kappa shape index (κ2) is 9.30. The van der Waals surface area contributed by atoms with Gasteiger partial charge in [0.15, 0.2) is 0 Å². The first kappa shape index (κ1) is 19.8. The number of benzene rings is 1. The van der Waals surface area contributed by atoms with Crippen LogP contribution in [-0.2, 0) is 20.8 Å². The summed E-state index contributed by atoms with van der Waals surface area (Å²) in [6.07, 6.45) is 7.65. The summed E-state index contributed by atoms with van der Waals surface area (Å²) in [6, 6.07) is 8.96. The molecular formula is C21H25N3O4. The van der Waals surface area contributed by atoms with Crippen molar-refractivity contribution >= 4 is 23.8 Å². The summed E-state index contributed by atoms with van der Waals surface area (Å²) < 4.78 is 0. The zero-order valence-corrected chi connectivity index (χ0v) is 15.9. The molecule has 1 heterocycles. The molecule has 7 nitrogen and oxygen atoms in total. The fourth-order valence-electron chi connectivity index (χ4n) is 3.46. The van der Waals surface area contributed by atoms with Crippen LogP contribution in [0.5, 0.6) is 0 Å². The zero-order chi connectivity index (χ0) is 19.9. The summed E-state index contributed by atoms with van der Waals surface area (Å²) in [5.41, 5.74) is 2.30. The third-order valence-corrected chi connectivity index (χ3v) is 5.06. The van der Waals surface area contributed by atoms with Crippen LogP contribution in [-0.4, -0.2) is 53.2 Å². The molecule has 1 aromatic rings. The lowest BCUT2D eigenvalue weighted by Crippen LogP contribution is -2.42. The highest BCUT2D eigenvalue weighted by molar-refractivity contribution is 6.45. The predicted molar refractivity (Wildman–Crippen MR) is 103 cm³/mol. The summed E-state index contributed by atoms with van der Waals surface area (Å²) in [7, 11) is 0. The number of hydrogen-bond donors (Lipinski definition) is 1. The third kappa shape index (κ3) is 4.85. The molecule has 1 fully saturated rings. The number of rotatable bonds is 8. The van der Waals surface area contributed by atoms with Crippen molar-refractivity contribution in [1.29, 1.82) is 0 Å². The van der Waals surface area contributed by atoms with Gasteiger partial charge in [0.2, 0.25) is 5.91 Å². The summed E-state index contributed by atoms with van der Waals surface area (Å²) in [5, 5.41) is 2.69. The van der Waals surface area contributed by atoms with Crippen molar-refractivity contribution in [2.45, 2.75) is 38.5 Å². The Labute approximate surface area is 164 Å². The molecule has 1 aliphatic carbocycles. The van der Waals surface area contributed by atoms with E-state index >= 15 is 0 Å². The van der Waals surface area contributed by atoms with Gasteiger partial charge in [0.1, 0.15) is 6.54 Å². The van der Waals surface area contributed by atoms with Crippen LogP contribution in [0, 0.1) is 0 Å². The average Bonchev–Trinajstić information content (AvgIpc) is 2.91. The van der Waals surface area contributed by atoms with Crippen LogP contribution in [0.4, 0.5) is 4.79 Å². The van der Waals surface area contributed by atoms with E-state index < -0.39 is 30.3 Å². The average molecular weight is 383 g/mol. The van der Waals surface area contributed by atoms with Gasteiger partial charge in [-0.2, -0.15) is 0 Å². The molecule has 7 heteroatoms. The second-order valence-corrected chi connectivity index (χ2v) is 7.07. The molecule has 0 aromatic heterocycles. The van der Waals surface area contributed by atoms with Gasteiger partial charge in [-0.15, -0.1) is 0 Å². The Morgan fingerprint density at radius 2 is 1.71 bits per heavy atom. The number of carbonyl (C=O) groups is 4. The monoisotopic (exact) mass is 383 g/mol. The molecule has 148 valence electrons. The number of urea groups is 1. The maximum atomic E-state index is 12.4. The quantitative estimate of drug-likeness (QED) is 0.423. The number of allylic oxidation sites excluding steroid dienone is 1. The number of nitrogens with one attached hydrogen (secondary N) is 1. The van der Waals surface area contributed by atoms with Crippen molar-refractivity contribution < 1.29 is 19.2 Å². The van der Waals surface area contributed by atoms with Crippen molar-refractivity contribution in [1.82, 2.24) is 15.1 Å². The second-order valence-electron chi connectivity index (χ2n) is 7.07. The summed E-state index contributed by atoms with van der Waals surface area (Å²) in [5.74, 6) is -2.23. The van der Waals surface area contributed by atoms with Crippen LogP contribution < -0.4 is 5.32 Å². The van der Waals surface area contributed by atoms with Gasteiger partial charge < -0.3 is 5.32 Å². The Morgan fingerprint density at radius 3 is 2.43 bits per heavy atom. The lowest BCUT2D eigenvalue weighted by Gasteiger charge is -2.17. The third-order valence-electron chi connectivity index (χ3n) is 5.06. The Balaban J connectivity index is 1.48. The maximum absolute atomic E-state index is 12.4. The Kier molecular flexibility index (Phi) is 6.57. The zero-order valence-electron chi connectivity index (χ0n) is 15.9. The molecule has 28 heavy (non-hydrogen) atoms. The number of nitrogens with zero attached hydrogens (tertiary/aromatic N) is 2. The molecule has 0 atom stereocenters. The molecule has 0 bridgehead atoms. The van der Waals surface area contributed by atoms with E-state index in [1.807, 2.05) is 30.3 Å². The van der Waals surface area contributed by atoms with Gasteiger partial charge >= 0.3 is 17.8 Å². The predicted octanol–water partition coefficient (Wildman–Crippen LogP) is 2.03. The highest BCUT2D eigenvalue weighted by atomic mass is 16.2. The maximum Gasteiger partial charge on any atom is 0.334 e. The Bertz CT molecular complexity index is 788. The molecule has 1 aromatic carbocycles. The summed E-state index contributed by atoms with van der Waals surface area (Å²) in [6.45, 7) is 0.143. The first-order chi connectivity index (χ1) is 13.6. The van der Waals surface area contributed by atoms with Gasteiger partial charge in [-0.25, -0.2) is 9.69 Å². The molecule has 5 amide bonds. The van der Waals surface area contributed by atoms with E-state index in [2.05, 4.69) is 11.4 Å². The molecule has 1 aliphatic heterocycles. The number of amides is 5. The normalized spacial score (nSPS) is 17.1. The van der Waals surface area contributed by atoms with Crippen LogP contribution >= 0.6 is 0 Å². The van der Waals surface area contributed by atoms with Crippen LogP contribution in [0.1, 0.15) is 37.7 Å². The largest absolute Gasteiger partial charge is 0.354 e. The van der Waals surface area contributed by atoms with Crippen LogP contribution in [0.25, 0.3) is 0 Å². The number of imide groups is 2. The van der Waals surface area contributed by atoms with E-state index in [0.717, 1.165) is 41.0 Å². The highest BCUT2D eigenvalue weighted by Gasteiger charge is 2.44. The van der Waals surface area contributed by atoms with E-state index in [0.29, 0.717) is 19.4 Å². The first-order valence-corrected chi connectivity index (χ1v) is 9.72. The lowest BCUT2D eigenvalue weighted by molar-refractivity contribution is -0.144. The van der Waals surface area contributed by atoms with Gasteiger partial charge in [-0.3, -0.25) is 19.3 Å². The summed E-state index contributed by atoms with van der Waals surface area (Å²) in [4.78, 5) is 50.5. The fourth-order valence-corrected chi connectivity index (χ4v) is 3.46. The first-order valence-electron chi connectivity index (χ1n) is 9.72. The molecule has 0 spiro atoms. The molecule has 0 saturated carbocycles. The molecule has 3 rings (SSSR count).